The molecule has 0 saturated carbocycles. The van der Waals surface area contributed by atoms with Gasteiger partial charge in [0.1, 0.15) is 0 Å². The van der Waals surface area contributed by atoms with Gasteiger partial charge in [-0.3, -0.25) is 0 Å². The molecule has 0 aliphatic rings. The van der Waals surface area contributed by atoms with Crippen LogP contribution < -0.4 is 0 Å². The molecule has 0 atom stereocenters. The van der Waals surface area contributed by atoms with Gasteiger partial charge in [-0.1, -0.05) is 40.5 Å². The van der Waals surface area contributed by atoms with E-state index in [4.69, 9.17) is 10.2 Å². The van der Waals surface area contributed by atoms with E-state index >= 15 is 0 Å². The highest BCUT2D eigenvalue weighted by Gasteiger charge is 1.95. The molecule has 0 unspecified atom stereocenters. The third-order valence-corrected chi connectivity index (χ3v) is 3.71. The van der Waals surface area contributed by atoms with E-state index in [1.807, 2.05) is 13.8 Å². The summed E-state index contributed by atoms with van der Waals surface area (Å²) in [5.41, 5.74) is 4.68. The fraction of sp³-hybridized carbons (Fsp3) is 0.550. The molecule has 3 nitrogen and oxygen atoms in total. The zero-order valence-electron chi connectivity index (χ0n) is 15.1. The Morgan fingerprint density at radius 1 is 0.739 bits per heavy atom. The molecule has 130 valence electrons. The molecule has 3 heteroatoms. The van der Waals surface area contributed by atoms with Gasteiger partial charge >= 0.3 is 5.97 Å². The molecular weight excluding hydrogens is 288 g/mol. The number of carboxylic acids is 1. The van der Waals surface area contributed by atoms with E-state index in [9.17, 15) is 4.79 Å². The summed E-state index contributed by atoms with van der Waals surface area (Å²) in [6.45, 7) is 8.23. The maximum absolute atomic E-state index is 10.5. The van der Waals surface area contributed by atoms with Gasteiger partial charge in [0.25, 0.3) is 0 Å². The van der Waals surface area contributed by atoms with Gasteiger partial charge in [0, 0.05) is 6.08 Å². The SMILES string of the molecule is C/C(=C\CC/C(C)=C/CC/C(C)=C/CC/C(C)=C/C(=O)O)CO. The van der Waals surface area contributed by atoms with Gasteiger partial charge in [-0.15, -0.1) is 0 Å². The largest absolute Gasteiger partial charge is 0.478 e. The van der Waals surface area contributed by atoms with Crippen molar-refractivity contribution in [1.29, 1.82) is 0 Å². The molecule has 0 aromatic rings. The monoisotopic (exact) mass is 320 g/mol. The minimum Gasteiger partial charge on any atom is -0.478 e. The van der Waals surface area contributed by atoms with Gasteiger partial charge in [-0.25, -0.2) is 4.79 Å². The Kier molecular flexibility index (Phi) is 12.0. The van der Waals surface area contributed by atoms with Gasteiger partial charge in [0.15, 0.2) is 0 Å². The molecule has 0 aliphatic heterocycles. The number of hydrogen-bond acceptors (Lipinski definition) is 2. The number of rotatable bonds is 11. The van der Waals surface area contributed by atoms with Crippen LogP contribution in [-0.2, 0) is 4.79 Å². The highest BCUT2D eigenvalue weighted by molar-refractivity contribution is 5.80. The summed E-state index contributed by atoms with van der Waals surface area (Å²) in [5.74, 6) is -0.868. The molecule has 2 N–H and O–H groups in total. The van der Waals surface area contributed by atoms with Crippen LogP contribution in [-0.4, -0.2) is 22.8 Å². The van der Waals surface area contributed by atoms with Crippen molar-refractivity contribution in [2.75, 3.05) is 6.61 Å². The molecule has 0 bridgehead atoms. The summed E-state index contributed by atoms with van der Waals surface area (Å²) >= 11 is 0. The molecule has 0 aromatic carbocycles. The van der Waals surface area contributed by atoms with E-state index < -0.39 is 5.97 Å². The number of aliphatic hydroxyl groups excluding tert-OH is 1. The van der Waals surface area contributed by atoms with Gasteiger partial charge < -0.3 is 10.2 Å². The highest BCUT2D eigenvalue weighted by atomic mass is 16.4. The van der Waals surface area contributed by atoms with Crippen molar-refractivity contribution in [2.45, 2.75) is 66.2 Å². The number of aliphatic hydroxyl groups is 1. The average Bonchev–Trinajstić information content (AvgIpc) is 2.46. The van der Waals surface area contributed by atoms with Crippen molar-refractivity contribution in [3.05, 3.63) is 46.6 Å². The maximum atomic E-state index is 10.5. The lowest BCUT2D eigenvalue weighted by Gasteiger charge is -2.02. The molecule has 0 aliphatic carbocycles. The van der Waals surface area contributed by atoms with Crippen LogP contribution in [0.15, 0.2) is 46.6 Å². The number of carbonyl (C=O) groups is 1. The fourth-order valence-corrected chi connectivity index (χ4v) is 2.19. The zero-order valence-corrected chi connectivity index (χ0v) is 15.1. The second kappa shape index (κ2) is 12.9. The Hall–Kier alpha value is -1.61. The number of aliphatic carboxylic acids is 1. The Labute approximate surface area is 141 Å². The first-order chi connectivity index (χ1) is 10.8. The first kappa shape index (κ1) is 21.4. The van der Waals surface area contributed by atoms with Crippen molar-refractivity contribution >= 4 is 5.97 Å². The van der Waals surface area contributed by atoms with E-state index in [0.29, 0.717) is 0 Å². The molecule has 0 rings (SSSR count). The van der Waals surface area contributed by atoms with E-state index in [2.05, 4.69) is 32.1 Å². The van der Waals surface area contributed by atoms with Crippen molar-refractivity contribution < 1.29 is 15.0 Å². The second-order valence-corrected chi connectivity index (χ2v) is 6.25. The van der Waals surface area contributed by atoms with Crippen LogP contribution in [0.5, 0.6) is 0 Å². The first-order valence-electron chi connectivity index (χ1n) is 8.33. The molecule has 0 radical (unpaired) electrons. The second-order valence-electron chi connectivity index (χ2n) is 6.25. The lowest BCUT2D eigenvalue weighted by molar-refractivity contribution is -0.131. The molecule has 0 spiro atoms. The van der Waals surface area contributed by atoms with Crippen LogP contribution in [0.3, 0.4) is 0 Å². The smallest absolute Gasteiger partial charge is 0.328 e. The van der Waals surface area contributed by atoms with Gasteiger partial charge in [-0.05, 0) is 66.2 Å². The van der Waals surface area contributed by atoms with Crippen LogP contribution in [0, 0.1) is 0 Å². The highest BCUT2D eigenvalue weighted by Crippen LogP contribution is 2.13. The van der Waals surface area contributed by atoms with Crippen LogP contribution in [0.4, 0.5) is 0 Å². The normalized spacial score (nSPS) is 14.3. The molecule has 23 heavy (non-hydrogen) atoms. The maximum Gasteiger partial charge on any atom is 0.328 e. The molecule has 0 amide bonds. The third-order valence-electron chi connectivity index (χ3n) is 3.71. The number of allylic oxidation sites excluding steroid dienone is 6. The van der Waals surface area contributed by atoms with Crippen molar-refractivity contribution in [3.8, 4) is 0 Å². The Morgan fingerprint density at radius 3 is 1.52 bits per heavy atom. The average molecular weight is 320 g/mol. The number of carboxylic acid groups (broad SMARTS) is 1. The topological polar surface area (TPSA) is 57.5 Å². The first-order valence-corrected chi connectivity index (χ1v) is 8.33. The van der Waals surface area contributed by atoms with Crippen LogP contribution >= 0.6 is 0 Å². The predicted molar refractivity (Wildman–Crippen MR) is 97.5 cm³/mol. The standard InChI is InChI=1S/C20H32O3/c1-16(10-6-12-18(3)14-20(22)23)8-5-9-17(2)11-7-13-19(4)15-21/h9-10,13-14,21H,5-8,11-12,15H2,1-4H3,(H,22,23)/b16-10+,17-9+,18-14+,19-13+. The summed E-state index contributed by atoms with van der Waals surface area (Å²) in [6.07, 6.45) is 13.7. The summed E-state index contributed by atoms with van der Waals surface area (Å²) in [7, 11) is 0. The molecular formula is C20H32O3. The van der Waals surface area contributed by atoms with Gasteiger partial charge in [0.2, 0.25) is 0 Å². The summed E-state index contributed by atoms with van der Waals surface area (Å²) < 4.78 is 0. The summed E-state index contributed by atoms with van der Waals surface area (Å²) in [5, 5.41) is 17.6. The summed E-state index contributed by atoms with van der Waals surface area (Å²) in [6, 6.07) is 0. The number of hydrogen-bond donors (Lipinski definition) is 2. The molecule has 0 saturated heterocycles. The Morgan fingerprint density at radius 2 is 1.13 bits per heavy atom. The van der Waals surface area contributed by atoms with Crippen LogP contribution in [0.1, 0.15) is 66.2 Å². The molecule has 0 fully saturated rings. The van der Waals surface area contributed by atoms with E-state index in [-0.39, 0.29) is 6.61 Å². The fourth-order valence-electron chi connectivity index (χ4n) is 2.19. The minimum absolute atomic E-state index is 0.147. The van der Waals surface area contributed by atoms with Gasteiger partial charge in [-0.2, -0.15) is 0 Å². The Balaban J connectivity index is 4.03. The zero-order chi connectivity index (χ0) is 17.7. The minimum atomic E-state index is -0.868. The van der Waals surface area contributed by atoms with Crippen molar-refractivity contribution in [3.63, 3.8) is 0 Å². The Bertz CT molecular complexity index is 479. The van der Waals surface area contributed by atoms with E-state index in [0.717, 1.165) is 49.7 Å². The quantitative estimate of drug-likeness (QED) is 0.407. The van der Waals surface area contributed by atoms with E-state index in [1.165, 1.54) is 17.2 Å². The summed E-state index contributed by atoms with van der Waals surface area (Å²) in [4.78, 5) is 10.5. The lowest BCUT2D eigenvalue weighted by Crippen LogP contribution is -1.89. The lowest BCUT2D eigenvalue weighted by atomic mass is 10.0. The van der Waals surface area contributed by atoms with Crippen LogP contribution in [0.25, 0.3) is 0 Å². The predicted octanol–water partition coefficient (Wildman–Crippen LogP) is 5.19. The van der Waals surface area contributed by atoms with E-state index in [1.54, 1.807) is 0 Å². The van der Waals surface area contributed by atoms with Gasteiger partial charge in [0.05, 0.1) is 6.61 Å². The third kappa shape index (κ3) is 13.8. The van der Waals surface area contributed by atoms with Crippen LogP contribution in [0.2, 0.25) is 0 Å². The molecule has 0 aromatic heterocycles. The molecule has 0 heterocycles. The van der Waals surface area contributed by atoms with Crippen molar-refractivity contribution in [2.24, 2.45) is 0 Å². The van der Waals surface area contributed by atoms with Crippen molar-refractivity contribution in [1.82, 2.24) is 0 Å².